The Morgan fingerprint density at radius 2 is 2.08 bits per heavy atom. The summed E-state index contributed by atoms with van der Waals surface area (Å²) >= 11 is 3.44. The molecule has 6 heteroatoms. The molecule has 1 aliphatic heterocycles. The van der Waals surface area contributed by atoms with E-state index in [0.717, 1.165) is 22.2 Å². The molecule has 126 valence electrons. The normalized spacial score (nSPS) is 16.0. The van der Waals surface area contributed by atoms with Crippen molar-refractivity contribution in [2.24, 2.45) is 0 Å². The first kappa shape index (κ1) is 16.8. The molecule has 1 unspecified atom stereocenters. The quantitative estimate of drug-likeness (QED) is 0.834. The fourth-order valence-electron chi connectivity index (χ4n) is 2.57. The lowest BCUT2D eigenvalue weighted by molar-refractivity contribution is -0.122. The molecule has 0 bridgehead atoms. The van der Waals surface area contributed by atoms with Gasteiger partial charge < -0.3 is 14.8 Å². The van der Waals surface area contributed by atoms with Crippen LogP contribution in [0.4, 0.5) is 4.39 Å². The molecule has 0 fully saturated rings. The number of benzene rings is 2. The van der Waals surface area contributed by atoms with Gasteiger partial charge in [-0.3, -0.25) is 4.79 Å². The van der Waals surface area contributed by atoms with Crippen LogP contribution in [0.15, 0.2) is 46.9 Å². The molecule has 1 N–H and O–H groups in total. The van der Waals surface area contributed by atoms with E-state index in [9.17, 15) is 9.18 Å². The standard InChI is InChI=1S/C18H17BrFNO3/c19-12-1-6-17-15(11-12)16(7-9-24-17)21-18(22)8-10-23-14-4-2-13(20)3-5-14/h1-6,11,16H,7-10H2,(H,21,22). The van der Waals surface area contributed by atoms with Gasteiger partial charge in [0, 0.05) is 16.5 Å². The van der Waals surface area contributed by atoms with Crippen molar-refractivity contribution >= 4 is 21.8 Å². The molecule has 3 rings (SSSR count). The third-order valence-electron chi connectivity index (χ3n) is 3.76. The molecule has 1 amide bonds. The topological polar surface area (TPSA) is 47.6 Å². The summed E-state index contributed by atoms with van der Waals surface area (Å²) in [7, 11) is 0. The zero-order valence-electron chi connectivity index (χ0n) is 12.9. The van der Waals surface area contributed by atoms with Gasteiger partial charge in [-0.2, -0.15) is 0 Å². The van der Waals surface area contributed by atoms with E-state index in [1.807, 2.05) is 18.2 Å². The molecule has 1 atom stereocenters. The third-order valence-corrected chi connectivity index (χ3v) is 4.25. The van der Waals surface area contributed by atoms with Crippen molar-refractivity contribution in [2.45, 2.75) is 18.9 Å². The summed E-state index contributed by atoms with van der Waals surface area (Å²) in [6, 6.07) is 11.4. The van der Waals surface area contributed by atoms with Crippen LogP contribution >= 0.6 is 15.9 Å². The molecule has 2 aromatic carbocycles. The van der Waals surface area contributed by atoms with E-state index in [1.165, 1.54) is 12.1 Å². The van der Waals surface area contributed by atoms with Crippen LogP contribution in [0, 0.1) is 5.82 Å². The number of hydrogen-bond acceptors (Lipinski definition) is 3. The van der Waals surface area contributed by atoms with E-state index in [4.69, 9.17) is 9.47 Å². The minimum absolute atomic E-state index is 0.0652. The summed E-state index contributed by atoms with van der Waals surface area (Å²) in [6.45, 7) is 0.817. The predicted octanol–water partition coefficient (Wildman–Crippen LogP) is 4.00. The molecule has 0 saturated heterocycles. The molecular weight excluding hydrogens is 377 g/mol. The van der Waals surface area contributed by atoms with Crippen molar-refractivity contribution in [3.8, 4) is 11.5 Å². The maximum Gasteiger partial charge on any atom is 0.223 e. The third kappa shape index (κ3) is 4.26. The van der Waals surface area contributed by atoms with Crippen molar-refractivity contribution in [1.82, 2.24) is 5.32 Å². The van der Waals surface area contributed by atoms with Gasteiger partial charge in [-0.15, -0.1) is 0 Å². The summed E-state index contributed by atoms with van der Waals surface area (Å²) in [5.74, 6) is 0.946. The van der Waals surface area contributed by atoms with Crippen LogP contribution < -0.4 is 14.8 Å². The molecule has 4 nitrogen and oxygen atoms in total. The minimum Gasteiger partial charge on any atom is -0.493 e. The van der Waals surface area contributed by atoms with Crippen LogP contribution in [-0.4, -0.2) is 19.1 Å². The second kappa shape index (κ2) is 7.66. The number of amides is 1. The first-order chi connectivity index (χ1) is 11.6. The molecule has 24 heavy (non-hydrogen) atoms. The molecule has 0 aliphatic carbocycles. The van der Waals surface area contributed by atoms with Gasteiger partial charge in [0.05, 0.1) is 25.7 Å². The van der Waals surface area contributed by atoms with Gasteiger partial charge in [0.2, 0.25) is 5.91 Å². The lowest BCUT2D eigenvalue weighted by atomic mass is 10.0. The molecule has 0 spiro atoms. The highest BCUT2D eigenvalue weighted by Crippen LogP contribution is 2.34. The number of ether oxygens (including phenoxy) is 2. The van der Waals surface area contributed by atoms with E-state index < -0.39 is 0 Å². The van der Waals surface area contributed by atoms with Crippen LogP contribution in [0.5, 0.6) is 11.5 Å². The average molecular weight is 394 g/mol. The maximum absolute atomic E-state index is 12.8. The first-order valence-electron chi connectivity index (χ1n) is 7.72. The Labute approximate surface area is 148 Å². The van der Waals surface area contributed by atoms with Crippen molar-refractivity contribution < 1.29 is 18.7 Å². The summed E-state index contributed by atoms with van der Waals surface area (Å²) in [5.41, 5.74) is 0.975. The predicted molar refractivity (Wildman–Crippen MR) is 91.6 cm³/mol. The summed E-state index contributed by atoms with van der Waals surface area (Å²) in [6.07, 6.45) is 0.964. The van der Waals surface area contributed by atoms with E-state index in [1.54, 1.807) is 12.1 Å². The Kier molecular flexibility index (Phi) is 5.35. The number of carbonyl (C=O) groups excluding carboxylic acids is 1. The summed E-state index contributed by atoms with van der Waals surface area (Å²) in [5, 5.41) is 3.02. The summed E-state index contributed by atoms with van der Waals surface area (Å²) in [4.78, 5) is 12.1. The molecule has 0 aromatic heterocycles. The van der Waals surface area contributed by atoms with E-state index in [0.29, 0.717) is 12.4 Å². The Bertz CT molecular complexity index is 721. The van der Waals surface area contributed by atoms with Crippen molar-refractivity contribution in [3.63, 3.8) is 0 Å². The Morgan fingerprint density at radius 1 is 1.29 bits per heavy atom. The number of nitrogens with one attached hydrogen (secondary N) is 1. The molecule has 2 aromatic rings. The first-order valence-corrected chi connectivity index (χ1v) is 8.51. The van der Waals surface area contributed by atoms with Gasteiger partial charge in [-0.1, -0.05) is 15.9 Å². The van der Waals surface area contributed by atoms with Crippen molar-refractivity contribution in [2.75, 3.05) is 13.2 Å². The Hall–Kier alpha value is -2.08. The Balaban J connectivity index is 1.52. The van der Waals surface area contributed by atoms with Gasteiger partial charge >= 0.3 is 0 Å². The van der Waals surface area contributed by atoms with Crippen molar-refractivity contribution in [3.05, 3.63) is 58.3 Å². The van der Waals surface area contributed by atoms with Gasteiger partial charge in [0.25, 0.3) is 0 Å². The highest BCUT2D eigenvalue weighted by Gasteiger charge is 2.23. The zero-order chi connectivity index (χ0) is 16.9. The van der Waals surface area contributed by atoms with Crippen LogP contribution in [0.25, 0.3) is 0 Å². The highest BCUT2D eigenvalue weighted by molar-refractivity contribution is 9.10. The molecule has 1 heterocycles. The fourth-order valence-corrected chi connectivity index (χ4v) is 2.95. The molecule has 0 saturated carbocycles. The summed E-state index contributed by atoms with van der Waals surface area (Å²) < 4.78 is 24.8. The second-order valence-electron chi connectivity index (χ2n) is 5.49. The molecular formula is C18H17BrFNO3. The van der Waals surface area contributed by atoms with Crippen LogP contribution in [0.2, 0.25) is 0 Å². The van der Waals surface area contributed by atoms with E-state index in [-0.39, 0.29) is 30.8 Å². The van der Waals surface area contributed by atoms with E-state index >= 15 is 0 Å². The number of carbonyl (C=O) groups is 1. The minimum atomic E-state index is -0.315. The van der Waals surface area contributed by atoms with Gasteiger partial charge in [-0.05, 0) is 42.5 Å². The molecule has 0 radical (unpaired) electrons. The smallest absolute Gasteiger partial charge is 0.223 e. The number of halogens is 2. The Morgan fingerprint density at radius 3 is 2.88 bits per heavy atom. The number of fused-ring (bicyclic) bond motifs is 1. The van der Waals surface area contributed by atoms with Crippen LogP contribution in [-0.2, 0) is 4.79 Å². The van der Waals surface area contributed by atoms with Crippen LogP contribution in [0.1, 0.15) is 24.4 Å². The fraction of sp³-hybridized carbons (Fsp3) is 0.278. The monoisotopic (exact) mass is 393 g/mol. The SMILES string of the molecule is O=C(CCOc1ccc(F)cc1)NC1CCOc2ccc(Br)cc21. The number of rotatable bonds is 5. The second-order valence-corrected chi connectivity index (χ2v) is 6.41. The maximum atomic E-state index is 12.8. The van der Waals surface area contributed by atoms with Crippen LogP contribution in [0.3, 0.4) is 0 Å². The average Bonchev–Trinajstić information content (AvgIpc) is 2.57. The highest BCUT2D eigenvalue weighted by atomic mass is 79.9. The largest absolute Gasteiger partial charge is 0.493 e. The van der Waals surface area contributed by atoms with E-state index in [2.05, 4.69) is 21.2 Å². The lowest BCUT2D eigenvalue weighted by Crippen LogP contribution is -2.32. The molecule has 1 aliphatic rings. The number of hydrogen-bond donors (Lipinski definition) is 1. The van der Waals surface area contributed by atoms with Gasteiger partial charge in [0.15, 0.2) is 0 Å². The zero-order valence-corrected chi connectivity index (χ0v) is 14.5. The lowest BCUT2D eigenvalue weighted by Gasteiger charge is -2.27. The van der Waals surface area contributed by atoms with Gasteiger partial charge in [-0.25, -0.2) is 4.39 Å². The van der Waals surface area contributed by atoms with Crippen molar-refractivity contribution in [1.29, 1.82) is 0 Å². The van der Waals surface area contributed by atoms with Gasteiger partial charge in [0.1, 0.15) is 17.3 Å².